The number of para-hydroxylation sites is 1. The minimum atomic E-state index is -0.365. The van der Waals surface area contributed by atoms with Gasteiger partial charge in [-0.2, -0.15) is 0 Å². The normalized spacial score (nSPS) is 18.3. The van der Waals surface area contributed by atoms with Crippen LogP contribution in [-0.4, -0.2) is 72.7 Å². The van der Waals surface area contributed by atoms with Gasteiger partial charge < -0.3 is 10.2 Å². The van der Waals surface area contributed by atoms with Gasteiger partial charge in [-0.05, 0) is 41.6 Å². The molecule has 2 aromatic carbocycles. The van der Waals surface area contributed by atoms with Gasteiger partial charge in [0.2, 0.25) is 5.91 Å². The molecule has 1 N–H and O–H groups in total. The lowest BCUT2D eigenvalue weighted by Crippen LogP contribution is -2.50. The zero-order valence-electron chi connectivity index (χ0n) is 18.1. The van der Waals surface area contributed by atoms with Crippen molar-refractivity contribution in [3.05, 3.63) is 70.1 Å². The summed E-state index contributed by atoms with van der Waals surface area (Å²) < 4.78 is 0. The summed E-state index contributed by atoms with van der Waals surface area (Å²) >= 11 is 7.03. The van der Waals surface area contributed by atoms with Gasteiger partial charge in [0.15, 0.2) is 0 Å². The lowest BCUT2D eigenvalue weighted by atomic mass is 10.2. The predicted molar refractivity (Wildman–Crippen MR) is 132 cm³/mol. The molecular weight excluding hydrogens is 460 g/mol. The van der Waals surface area contributed by atoms with E-state index < -0.39 is 0 Å². The third-order valence-corrected chi connectivity index (χ3v) is 6.84. The predicted octanol–water partition coefficient (Wildman–Crippen LogP) is 3.31. The van der Waals surface area contributed by atoms with Crippen molar-refractivity contribution in [1.82, 2.24) is 15.1 Å². The summed E-state index contributed by atoms with van der Waals surface area (Å²) in [6.45, 7) is 4.00. The third-order valence-electron chi connectivity index (χ3n) is 5.58. The first-order valence-corrected chi connectivity index (χ1v) is 12.0. The first-order chi connectivity index (χ1) is 16.0. The first kappa shape index (κ1) is 23.4. The standard InChI is InChI=1S/C24H25ClN4O3S/c25-20-9-5-4-6-18(20)16-21-23(31)29(24(32)33-21)11-10-26-22(30)17-27-12-14-28(15-13-27)19-7-2-1-3-8-19/h1-9,16H,10-15,17H2,(H,26,30). The SMILES string of the molecule is O=C(CN1CCN(c2ccccc2)CC1)NCCN1C(=O)SC(=Cc2ccccc2Cl)C1=O. The zero-order valence-corrected chi connectivity index (χ0v) is 19.6. The molecule has 7 nitrogen and oxygen atoms in total. The number of rotatable bonds is 7. The van der Waals surface area contributed by atoms with Crippen molar-refractivity contribution in [2.75, 3.05) is 50.7 Å². The largest absolute Gasteiger partial charge is 0.369 e. The van der Waals surface area contributed by atoms with Crippen molar-refractivity contribution >= 4 is 52.2 Å². The third kappa shape index (κ3) is 5.96. The molecule has 0 aromatic heterocycles. The maximum atomic E-state index is 12.6. The van der Waals surface area contributed by atoms with Crippen LogP contribution in [0.15, 0.2) is 59.5 Å². The summed E-state index contributed by atoms with van der Waals surface area (Å²) in [7, 11) is 0. The number of hydrogen-bond donors (Lipinski definition) is 1. The topological polar surface area (TPSA) is 73.0 Å². The molecule has 2 heterocycles. The minimum absolute atomic E-state index is 0.109. The fourth-order valence-electron chi connectivity index (χ4n) is 3.80. The Morgan fingerprint density at radius 2 is 1.70 bits per heavy atom. The Balaban J connectivity index is 1.21. The summed E-state index contributed by atoms with van der Waals surface area (Å²) in [5, 5.41) is 3.00. The van der Waals surface area contributed by atoms with Crippen molar-refractivity contribution in [2.45, 2.75) is 0 Å². The van der Waals surface area contributed by atoms with Gasteiger partial charge in [0.1, 0.15) is 0 Å². The number of nitrogens with zero attached hydrogens (tertiary/aromatic N) is 3. The summed E-state index contributed by atoms with van der Waals surface area (Å²) in [6, 6.07) is 17.4. The van der Waals surface area contributed by atoms with Crippen LogP contribution in [0, 0.1) is 0 Å². The van der Waals surface area contributed by atoms with Gasteiger partial charge in [0.05, 0.1) is 11.4 Å². The number of amides is 3. The molecule has 0 unspecified atom stereocenters. The molecule has 2 aliphatic rings. The molecule has 4 rings (SSSR count). The van der Waals surface area contributed by atoms with E-state index >= 15 is 0 Å². The van der Waals surface area contributed by atoms with Crippen LogP contribution in [0.4, 0.5) is 10.5 Å². The molecule has 2 aliphatic heterocycles. The van der Waals surface area contributed by atoms with E-state index in [4.69, 9.17) is 11.6 Å². The van der Waals surface area contributed by atoms with E-state index in [1.54, 1.807) is 24.3 Å². The molecular formula is C24H25ClN4O3S. The van der Waals surface area contributed by atoms with Crippen molar-refractivity contribution in [3.8, 4) is 0 Å². The molecule has 0 spiro atoms. The van der Waals surface area contributed by atoms with Crippen molar-refractivity contribution in [2.24, 2.45) is 0 Å². The molecule has 9 heteroatoms. The van der Waals surface area contributed by atoms with Crippen LogP contribution in [0.3, 0.4) is 0 Å². The van der Waals surface area contributed by atoms with Gasteiger partial charge >= 0.3 is 0 Å². The minimum Gasteiger partial charge on any atom is -0.369 e. The second-order valence-corrected chi connectivity index (χ2v) is 9.20. The number of thioether (sulfide) groups is 1. The highest BCUT2D eigenvalue weighted by Crippen LogP contribution is 2.33. The number of halogens is 1. The average Bonchev–Trinajstić information content (AvgIpc) is 3.09. The van der Waals surface area contributed by atoms with E-state index in [1.165, 1.54) is 5.69 Å². The molecule has 2 aromatic rings. The molecule has 2 saturated heterocycles. The van der Waals surface area contributed by atoms with Crippen LogP contribution in [0.5, 0.6) is 0 Å². The molecule has 2 fully saturated rings. The number of hydrogen-bond acceptors (Lipinski definition) is 6. The monoisotopic (exact) mass is 484 g/mol. The number of piperazine rings is 1. The highest BCUT2D eigenvalue weighted by Gasteiger charge is 2.34. The number of anilines is 1. The Labute approximate surface area is 202 Å². The number of carbonyl (C=O) groups excluding carboxylic acids is 3. The summed E-state index contributed by atoms with van der Waals surface area (Å²) in [5.41, 5.74) is 1.88. The molecule has 172 valence electrons. The van der Waals surface area contributed by atoms with E-state index in [2.05, 4.69) is 27.2 Å². The number of imide groups is 1. The second kappa shape index (κ2) is 10.9. The Morgan fingerprint density at radius 1 is 1.00 bits per heavy atom. The maximum Gasteiger partial charge on any atom is 0.293 e. The van der Waals surface area contributed by atoms with Crippen LogP contribution < -0.4 is 10.2 Å². The molecule has 0 radical (unpaired) electrons. The summed E-state index contributed by atoms with van der Waals surface area (Å²) in [5.74, 6) is -0.474. The summed E-state index contributed by atoms with van der Waals surface area (Å²) in [4.78, 5) is 43.2. The Morgan fingerprint density at radius 3 is 2.42 bits per heavy atom. The molecule has 33 heavy (non-hydrogen) atoms. The Hall–Kier alpha value is -2.81. The van der Waals surface area contributed by atoms with E-state index in [1.807, 2.05) is 24.3 Å². The first-order valence-electron chi connectivity index (χ1n) is 10.8. The lowest BCUT2D eigenvalue weighted by Gasteiger charge is -2.35. The number of benzene rings is 2. The Bertz CT molecular complexity index is 1050. The lowest BCUT2D eigenvalue weighted by molar-refractivity contribution is -0.124. The molecule has 0 aliphatic carbocycles. The highest BCUT2D eigenvalue weighted by molar-refractivity contribution is 8.18. The fraction of sp³-hybridized carbons (Fsp3) is 0.292. The van der Waals surface area contributed by atoms with E-state index in [9.17, 15) is 14.4 Å². The van der Waals surface area contributed by atoms with Crippen LogP contribution >= 0.6 is 23.4 Å². The van der Waals surface area contributed by atoms with Crippen molar-refractivity contribution in [1.29, 1.82) is 0 Å². The average molecular weight is 485 g/mol. The zero-order chi connectivity index (χ0) is 23.2. The molecule has 0 atom stereocenters. The molecule has 3 amide bonds. The van der Waals surface area contributed by atoms with Gasteiger partial charge in [0, 0.05) is 50.0 Å². The van der Waals surface area contributed by atoms with Crippen LogP contribution in [0.2, 0.25) is 5.02 Å². The van der Waals surface area contributed by atoms with Gasteiger partial charge in [-0.1, -0.05) is 48.0 Å². The maximum absolute atomic E-state index is 12.6. The van der Waals surface area contributed by atoms with Crippen molar-refractivity contribution in [3.63, 3.8) is 0 Å². The molecule has 0 saturated carbocycles. The van der Waals surface area contributed by atoms with E-state index in [0.717, 1.165) is 42.8 Å². The molecule has 0 bridgehead atoms. The van der Waals surface area contributed by atoms with Crippen molar-refractivity contribution < 1.29 is 14.4 Å². The fourth-order valence-corrected chi connectivity index (χ4v) is 4.84. The van der Waals surface area contributed by atoms with Gasteiger partial charge in [-0.25, -0.2) is 0 Å². The van der Waals surface area contributed by atoms with Crippen LogP contribution in [0.25, 0.3) is 6.08 Å². The quantitative estimate of drug-likeness (QED) is 0.608. The van der Waals surface area contributed by atoms with Crippen LogP contribution in [-0.2, 0) is 9.59 Å². The van der Waals surface area contributed by atoms with E-state index in [0.29, 0.717) is 22.0 Å². The van der Waals surface area contributed by atoms with Gasteiger partial charge in [0.25, 0.3) is 11.1 Å². The highest BCUT2D eigenvalue weighted by atomic mass is 35.5. The second-order valence-electron chi connectivity index (χ2n) is 7.80. The number of carbonyl (C=O) groups is 3. The van der Waals surface area contributed by atoms with E-state index in [-0.39, 0.29) is 30.1 Å². The smallest absolute Gasteiger partial charge is 0.293 e. The number of nitrogens with one attached hydrogen (secondary N) is 1. The van der Waals surface area contributed by atoms with Gasteiger partial charge in [-0.3, -0.25) is 24.2 Å². The van der Waals surface area contributed by atoms with Crippen LogP contribution in [0.1, 0.15) is 5.56 Å². The Kier molecular flexibility index (Phi) is 7.69. The summed E-state index contributed by atoms with van der Waals surface area (Å²) in [6.07, 6.45) is 1.63. The van der Waals surface area contributed by atoms with Gasteiger partial charge in [-0.15, -0.1) is 0 Å².